The average molecular weight is 302 g/mol. The van der Waals surface area contributed by atoms with Gasteiger partial charge in [0.1, 0.15) is 5.69 Å². The molecule has 2 aromatic rings. The number of ether oxygens (including phenoxy) is 1. The van der Waals surface area contributed by atoms with Gasteiger partial charge in [-0.2, -0.15) is 5.10 Å². The summed E-state index contributed by atoms with van der Waals surface area (Å²) in [5.74, 6) is 0.252. The molecule has 0 bridgehead atoms. The largest absolute Gasteiger partial charge is 0.373 e. The van der Waals surface area contributed by atoms with Crippen molar-refractivity contribution in [2.45, 2.75) is 19.4 Å². The monoisotopic (exact) mass is 302 g/mol. The van der Waals surface area contributed by atoms with Crippen molar-refractivity contribution in [2.24, 2.45) is 20.0 Å². The van der Waals surface area contributed by atoms with Gasteiger partial charge in [0, 0.05) is 50.6 Å². The maximum Gasteiger partial charge on any atom is 0.267 e. The third-order valence-corrected chi connectivity index (χ3v) is 4.40. The lowest BCUT2D eigenvalue weighted by Gasteiger charge is -2.18. The number of nitrogens with one attached hydrogen (secondary N) is 1. The molecule has 1 N–H and O–H groups in total. The average Bonchev–Trinajstić information content (AvgIpc) is 3.19. The molecule has 0 aromatic carbocycles. The van der Waals surface area contributed by atoms with Crippen LogP contribution in [-0.4, -0.2) is 33.4 Å². The van der Waals surface area contributed by atoms with E-state index >= 15 is 0 Å². The Morgan fingerprint density at radius 1 is 1.45 bits per heavy atom. The zero-order valence-electron chi connectivity index (χ0n) is 13.2. The van der Waals surface area contributed by atoms with Crippen LogP contribution in [0.4, 0.5) is 0 Å². The quantitative estimate of drug-likeness (QED) is 0.932. The Labute approximate surface area is 130 Å². The van der Waals surface area contributed by atoms with E-state index in [0.29, 0.717) is 12.2 Å². The Kier molecular flexibility index (Phi) is 4.02. The highest BCUT2D eigenvalue weighted by molar-refractivity contribution is 5.92. The highest BCUT2D eigenvalue weighted by atomic mass is 16.5. The lowest BCUT2D eigenvalue weighted by atomic mass is 9.97. The van der Waals surface area contributed by atoms with Gasteiger partial charge in [-0.05, 0) is 25.5 Å². The van der Waals surface area contributed by atoms with Gasteiger partial charge < -0.3 is 14.6 Å². The van der Waals surface area contributed by atoms with E-state index in [1.165, 1.54) is 0 Å². The van der Waals surface area contributed by atoms with Gasteiger partial charge in [0.15, 0.2) is 0 Å². The zero-order valence-corrected chi connectivity index (χ0v) is 13.2. The molecule has 3 heterocycles. The van der Waals surface area contributed by atoms with Gasteiger partial charge in [0.25, 0.3) is 5.91 Å². The maximum absolute atomic E-state index is 12.3. The van der Waals surface area contributed by atoms with Crippen LogP contribution in [0, 0.1) is 12.8 Å². The van der Waals surface area contributed by atoms with Gasteiger partial charge in [-0.3, -0.25) is 9.48 Å². The number of nitrogens with zero attached hydrogens (tertiary/aromatic N) is 3. The van der Waals surface area contributed by atoms with Crippen LogP contribution in [0.1, 0.15) is 34.3 Å². The molecule has 0 saturated carbocycles. The fourth-order valence-electron chi connectivity index (χ4n) is 2.95. The molecule has 2 aromatic heterocycles. The van der Waals surface area contributed by atoms with Crippen LogP contribution in [0.5, 0.6) is 0 Å². The summed E-state index contributed by atoms with van der Waals surface area (Å²) in [6, 6.07) is 3.81. The predicted octanol–water partition coefficient (Wildman–Crippen LogP) is 1.57. The van der Waals surface area contributed by atoms with Crippen molar-refractivity contribution in [1.82, 2.24) is 19.7 Å². The van der Waals surface area contributed by atoms with Gasteiger partial charge in [-0.15, -0.1) is 0 Å². The zero-order chi connectivity index (χ0) is 15.7. The third kappa shape index (κ3) is 2.78. The third-order valence-electron chi connectivity index (χ3n) is 4.40. The van der Waals surface area contributed by atoms with Crippen LogP contribution in [0.2, 0.25) is 0 Å². The van der Waals surface area contributed by atoms with E-state index in [1.54, 1.807) is 4.68 Å². The number of aryl methyl sites for hydroxylation is 2. The van der Waals surface area contributed by atoms with Gasteiger partial charge in [-0.25, -0.2) is 0 Å². The minimum absolute atomic E-state index is 0.0177. The minimum atomic E-state index is -0.0348. The summed E-state index contributed by atoms with van der Waals surface area (Å²) in [5, 5.41) is 7.23. The van der Waals surface area contributed by atoms with Crippen molar-refractivity contribution >= 4 is 5.91 Å². The van der Waals surface area contributed by atoms with Crippen molar-refractivity contribution in [2.75, 3.05) is 13.2 Å². The Balaban J connectivity index is 1.63. The van der Waals surface area contributed by atoms with Gasteiger partial charge in [0.05, 0.1) is 12.3 Å². The first-order chi connectivity index (χ1) is 10.6. The predicted molar refractivity (Wildman–Crippen MR) is 82.5 cm³/mol. The molecular weight excluding hydrogens is 280 g/mol. The van der Waals surface area contributed by atoms with Crippen molar-refractivity contribution in [3.05, 3.63) is 41.5 Å². The number of rotatable bonds is 4. The number of hydrogen-bond acceptors (Lipinski definition) is 3. The van der Waals surface area contributed by atoms with Crippen molar-refractivity contribution in [1.29, 1.82) is 0 Å². The van der Waals surface area contributed by atoms with Crippen LogP contribution in [0.15, 0.2) is 24.5 Å². The maximum atomic E-state index is 12.3. The fraction of sp³-hybridized carbons (Fsp3) is 0.500. The summed E-state index contributed by atoms with van der Waals surface area (Å²) >= 11 is 0. The lowest BCUT2D eigenvalue weighted by molar-refractivity contribution is 0.0842. The van der Waals surface area contributed by atoms with E-state index in [1.807, 2.05) is 50.1 Å². The Bertz CT molecular complexity index is 673. The molecule has 3 rings (SSSR count). The Morgan fingerprint density at radius 2 is 2.27 bits per heavy atom. The van der Waals surface area contributed by atoms with Crippen LogP contribution in [0.3, 0.4) is 0 Å². The summed E-state index contributed by atoms with van der Waals surface area (Å²) in [6.07, 6.45) is 4.78. The molecule has 22 heavy (non-hydrogen) atoms. The first-order valence-electron chi connectivity index (χ1n) is 7.57. The van der Waals surface area contributed by atoms with E-state index in [-0.39, 0.29) is 17.9 Å². The highest BCUT2D eigenvalue weighted by Gasteiger charge is 2.31. The van der Waals surface area contributed by atoms with E-state index in [0.717, 1.165) is 24.3 Å². The van der Waals surface area contributed by atoms with Gasteiger partial charge in [-0.1, -0.05) is 0 Å². The Hall–Kier alpha value is -2.08. The van der Waals surface area contributed by atoms with Crippen molar-refractivity contribution in [3.8, 4) is 0 Å². The number of aromatic nitrogens is 3. The Morgan fingerprint density at radius 3 is 2.91 bits per heavy atom. The molecule has 0 radical (unpaired) electrons. The first-order valence-corrected chi connectivity index (χ1v) is 7.57. The normalized spacial score (nSPS) is 21.2. The number of amides is 1. The number of hydrogen-bond donors (Lipinski definition) is 1. The summed E-state index contributed by atoms with van der Waals surface area (Å²) in [5.41, 5.74) is 2.84. The van der Waals surface area contributed by atoms with Crippen LogP contribution in [-0.2, 0) is 18.8 Å². The fourth-order valence-corrected chi connectivity index (χ4v) is 2.95. The smallest absolute Gasteiger partial charge is 0.267 e. The molecule has 1 aliphatic heterocycles. The highest BCUT2D eigenvalue weighted by Crippen LogP contribution is 2.33. The molecule has 1 aliphatic rings. The molecule has 1 amide bonds. The molecule has 1 saturated heterocycles. The molecule has 6 nitrogen and oxygen atoms in total. The second kappa shape index (κ2) is 5.96. The van der Waals surface area contributed by atoms with Crippen LogP contribution in [0.25, 0.3) is 0 Å². The van der Waals surface area contributed by atoms with E-state index in [2.05, 4.69) is 10.4 Å². The number of carbonyl (C=O) groups excluding carboxylic acids is 1. The standard InChI is InChI=1S/C16H22N4O2/c1-11-4-5-14(20(11)3)16(21)17-8-12-6-7-22-15(12)13-9-18-19(2)10-13/h4-5,9-10,12,15H,6-8H2,1-3H3,(H,17,21)/t12-,15+/m0/s1. The topological polar surface area (TPSA) is 61.1 Å². The van der Waals surface area contributed by atoms with E-state index in [9.17, 15) is 4.79 Å². The summed E-state index contributed by atoms with van der Waals surface area (Å²) in [4.78, 5) is 12.3. The lowest BCUT2D eigenvalue weighted by Crippen LogP contribution is -2.31. The van der Waals surface area contributed by atoms with Gasteiger partial charge >= 0.3 is 0 Å². The van der Waals surface area contributed by atoms with Crippen molar-refractivity contribution in [3.63, 3.8) is 0 Å². The minimum Gasteiger partial charge on any atom is -0.373 e. The second-order valence-electron chi connectivity index (χ2n) is 5.92. The van der Waals surface area contributed by atoms with Crippen molar-refractivity contribution < 1.29 is 9.53 Å². The summed E-state index contributed by atoms with van der Waals surface area (Å²) in [6.45, 7) is 3.33. The summed E-state index contributed by atoms with van der Waals surface area (Å²) < 4.78 is 9.50. The first kappa shape index (κ1) is 14.8. The molecule has 0 aliphatic carbocycles. The molecule has 2 atom stereocenters. The van der Waals surface area contributed by atoms with E-state index in [4.69, 9.17) is 4.74 Å². The molecule has 0 unspecified atom stereocenters. The molecule has 0 spiro atoms. The summed E-state index contributed by atoms with van der Waals surface area (Å²) in [7, 11) is 3.80. The second-order valence-corrected chi connectivity index (χ2v) is 5.92. The molecular formula is C16H22N4O2. The van der Waals surface area contributed by atoms with Crippen LogP contribution >= 0.6 is 0 Å². The molecule has 1 fully saturated rings. The van der Waals surface area contributed by atoms with E-state index < -0.39 is 0 Å². The van der Waals surface area contributed by atoms with Gasteiger partial charge in [0.2, 0.25) is 0 Å². The molecule has 6 heteroatoms. The van der Waals surface area contributed by atoms with Crippen LogP contribution < -0.4 is 5.32 Å². The molecule has 118 valence electrons. The SMILES string of the molecule is Cc1ccc(C(=O)NC[C@@H]2CCO[C@H]2c2cnn(C)c2)n1C. The number of carbonyl (C=O) groups is 1.